The summed E-state index contributed by atoms with van der Waals surface area (Å²) in [4.78, 5) is 11.1. The third kappa shape index (κ3) is 5.96. The van der Waals surface area contributed by atoms with E-state index >= 15 is 0 Å². The van der Waals surface area contributed by atoms with Crippen LogP contribution < -0.4 is 0 Å². The lowest BCUT2D eigenvalue weighted by Gasteiger charge is -1.85. The molecule has 1 nitrogen and oxygen atoms in total. The number of hydrogen-bond donors (Lipinski definition) is 0. The van der Waals surface area contributed by atoms with Crippen LogP contribution in [-0.2, 0) is 4.79 Å². The van der Waals surface area contributed by atoms with Gasteiger partial charge < -0.3 is 4.79 Å². The molecule has 0 aromatic rings. The highest BCUT2D eigenvalue weighted by molar-refractivity contribution is 6.17. The first-order valence-electron chi connectivity index (χ1n) is 5.07. The molecule has 0 aromatic carbocycles. The van der Waals surface area contributed by atoms with Gasteiger partial charge in [0.15, 0.2) is 0 Å². The Morgan fingerprint density at radius 1 is 2.14 bits per heavy atom. The maximum Gasteiger partial charge on any atom is 0.129 e. The van der Waals surface area contributed by atoms with Crippen molar-refractivity contribution < 1.29 is 14.4 Å². The van der Waals surface area contributed by atoms with Crippen molar-refractivity contribution in [1.82, 2.24) is 0 Å². The molecule has 0 saturated heterocycles. The fraction of sp³-hybridized carbons (Fsp3) is 0.800. The van der Waals surface area contributed by atoms with Crippen molar-refractivity contribution in [2.75, 3.05) is 5.88 Å². The van der Waals surface area contributed by atoms with E-state index in [1.165, 1.54) is 0 Å². The van der Waals surface area contributed by atoms with E-state index in [0.29, 0.717) is 0 Å². The van der Waals surface area contributed by atoms with Gasteiger partial charge in [-0.25, -0.2) is 0 Å². The number of ketones is 1. The van der Waals surface area contributed by atoms with Crippen molar-refractivity contribution in [2.45, 2.75) is 19.6 Å². The molecule has 0 N–H and O–H groups in total. The maximum atomic E-state index is 11.1. The van der Waals surface area contributed by atoms with Crippen molar-refractivity contribution in [3.63, 3.8) is 0 Å². The van der Waals surface area contributed by atoms with Crippen molar-refractivity contribution in [3.8, 4) is 0 Å². The number of carbonyl (C=O) groups excluding carboxylic acids is 1. The van der Waals surface area contributed by atoms with Crippen molar-refractivity contribution in [1.29, 1.82) is 0 Å². The predicted molar refractivity (Wildman–Crippen MR) is 30.6 cm³/mol. The molecule has 0 spiro atoms. The molecule has 7 heavy (non-hydrogen) atoms. The molecule has 0 unspecified atom stereocenters. The molecule has 0 heterocycles. The summed E-state index contributed by atoms with van der Waals surface area (Å²) < 4.78 is 48.4. The van der Waals surface area contributed by atoms with Gasteiger partial charge in [-0.2, -0.15) is 0 Å². The van der Waals surface area contributed by atoms with Gasteiger partial charge in [0, 0.05) is 21.8 Å². The molecule has 0 aliphatic carbocycles. The lowest BCUT2D eigenvalue weighted by atomic mass is 10.3. The Labute approximate surface area is 58.5 Å². The minimum absolute atomic E-state index is 0.790. The second-order valence-electron chi connectivity index (χ2n) is 0.765. The quantitative estimate of drug-likeness (QED) is 0.527. The highest BCUT2D eigenvalue weighted by Crippen LogP contribution is 1.90. The zero-order valence-electron chi connectivity index (χ0n) is 10.5. The minimum Gasteiger partial charge on any atom is -0.300 e. The van der Waals surface area contributed by atoms with Crippen LogP contribution in [0.4, 0.5) is 0 Å². The first-order valence-corrected chi connectivity index (χ1v) is 2.11. The van der Waals surface area contributed by atoms with Gasteiger partial charge >= 0.3 is 0 Å². The van der Waals surface area contributed by atoms with Gasteiger partial charge in [-0.15, -0.1) is 11.6 Å². The maximum absolute atomic E-state index is 11.1. The van der Waals surface area contributed by atoms with E-state index in [9.17, 15) is 4.79 Å². The standard InChI is InChI=1S/C5H9ClO/c1-5(7)3-2-4-6/h2-4H2,1H3/i1D3,2D2,3D2. The Kier molecular flexibility index (Phi) is 0.868. The molecule has 42 valence electrons. The van der Waals surface area contributed by atoms with Crippen molar-refractivity contribution in [3.05, 3.63) is 0 Å². The fourth-order valence-electron chi connectivity index (χ4n) is 0.114. The van der Waals surface area contributed by atoms with E-state index in [4.69, 9.17) is 21.2 Å². The number of hydrogen-bond acceptors (Lipinski definition) is 1. The number of Topliss-reactive ketones (excluding diaryl/α,β-unsaturated/α-hetero) is 1. The Morgan fingerprint density at radius 2 is 2.86 bits per heavy atom. The summed E-state index contributed by atoms with van der Waals surface area (Å²) in [5, 5.41) is 0. The van der Waals surface area contributed by atoms with Crippen LogP contribution in [-0.4, -0.2) is 11.7 Å². The molecular formula is C5H9ClO. The number of rotatable bonds is 3. The van der Waals surface area contributed by atoms with E-state index in [1.807, 2.05) is 0 Å². The fourth-order valence-corrected chi connectivity index (χ4v) is 0.181. The van der Waals surface area contributed by atoms with Gasteiger partial charge in [-0.1, -0.05) is 0 Å². The highest BCUT2D eigenvalue weighted by Gasteiger charge is 1.88. The minimum atomic E-state index is -3.16. The van der Waals surface area contributed by atoms with Gasteiger partial charge in [0.25, 0.3) is 0 Å². The molecular weight excluding hydrogens is 112 g/mol. The van der Waals surface area contributed by atoms with Crippen LogP contribution in [0, 0.1) is 0 Å². The van der Waals surface area contributed by atoms with Crippen molar-refractivity contribution in [2.24, 2.45) is 0 Å². The summed E-state index contributed by atoms with van der Waals surface area (Å²) in [5.74, 6) is -2.56. The largest absolute Gasteiger partial charge is 0.300 e. The first-order chi connectivity index (χ1) is 5.97. The summed E-state index contributed by atoms with van der Waals surface area (Å²) in [5.41, 5.74) is 0. The van der Waals surface area contributed by atoms with Gasteiger partial charge in [0.2, 0.25) is 0 Å². The normalized spacial score (nSPS) is 29.6. The van der Waals surface area contributed by atoms with E-state index in [0.717, 1.165) is 0 Å². The number of carbonyl (C=O) groups is 1. The SMILES string of the molecule is [2H]C([2H])([2H])C(=O)C([2H])([2H])C([2H])([2H])CCl. The summed E-state index contributed by atoms with van der Waals surface area (Å²) in [7, 11) is 0. The summed E-state index contributed by atoms with van der Waals surface area (Å²) >= 11 is 5.12. The molecule has 0 atom stereocenters. The average Bonchev–Trinajstić information content (AvgIpc) is 2.01. The Hall–Kier alpha value is -0.0400. The molecule has 0 aliphatic heterocycles. The van der Waals surface area contributed by atoms with Crippen molar-refractivity contribution >= 4 is 17.4 Å². The molecule has 0 radical (unpaired) electrons. The van der Waals surface area contributed by atoms with Crippen LogP contribution in [0.5, 0.6) is 0 Å². The summed E-state index contributed by atoms with van der Waals surface area (Å²) in [6.45, 7) is -3.16. The second kappa shape index (κ2) is 4.13. The third-order valence-corrected chi connectivity index (χ3v) is 0.402. The third-order valence-electron chi connectivity index (χ3n) is 0.269. The van der Waals surface area contributed by atoms with Gasteiger partial charge in [0.1, 0.15) is 5.78 Å². The molecule has 0 fully saturated rings. The number of alkyl halides is 1. The Morgan fingerprint density at radius 3 is 3.29 bits per heavy atom. The molecule has 0 bridgehead atoms. The van der Waals surface area contributed by atoms with Crippen LogP contribution in [0.1, 0.15) is 29.2 Å². The first kappa shape index (κ1) is 1.47. The Bertz CT molecular complexity index is 233. The monoisotopic (exact) mass is 127 g/mol. The van der Waals surface area contributed by atoms with Crippen LogP contribution >= 0.6 is 11.6 Å². The van der Waals surface area contributed by atoms with Gasteiger partial charge in [-0.3, -0.25) is 0 Å². The average molecular weight is 128 g/mol. The van der Waals surface area contributed by atoms with Crippen LogP contribution in [0.25, 0.3) is 0 Å². The summed E-state index contributed by atoms with van der Waals surface area (Å²) in [6, 6.07) is 0. The van der Waals surface area contributed by atoms with Gasteiger partial charge in [-0.05, 0) is 13.2 Å². The van der Waals surface area contributed by atoms with E-state index in [1.54, 1.807) is 0 Å². The van der Waals surface area contributed by atoms with Crippen LogP contribution in [0.2, 0.25) is 0 Å². The predicted octanol–water partition coefficient (Wildman–Crippen LogP) is 1.59. The molecule has 0 aliphatic rings. The second-order valence-corrected chi connectivity index (χ2v) is 1.03. The Balaban J connectivity index is 5.07. The highest BCUT2D eigenvalue weighted by atomic mass is 35.5. The van der Waals surface area contributed by atoms with Crippen LogP contribution in [0.15, 0.2) is 0 Å². The van der Waals surface area contributed by atoms with Gasteiger partial charge in [0.05, 0.1) is 0 Å². The van der Waals surface area contributed by atoms with E-state index in [-0.39, 0.29) is 0 Å². The lowest BCUT2D eigenvalue weighted by Crippen LogP contribution is -1.88. The number of halogens is 1. The molecule has 2 heteroatoms. The lowest BCUT2D eigenvalue weighted by molar-refractivity contribution is -0.117. The molecule has 0 amide bonds. The molecule has 0 saturated carbocycles. The smallest absolute Gasteiger partial charge is 0.129 e. The molecule has 0 rings (SSSR count). The van der Waals surface area contributed by atoms with E-state index in [2.05, 4.69) is 0 Å². The zero-order chi connectivity index (χ0) is 11.8. The van der Waals surface area contributed by atoms with E-state index < -0.39 is 31.3 Å². The zero-order valence-corrected chi connectivity index (χ0v) is 4.25. The summed E-state index contributed by atoms with van der Waals surface area (Å²) in [6.07, 6.45) is -5.81. The topological polar surface area (TPSA) is 17.1 Å². The van der Waals surface area contributed by atoms with Crippen LogP contribution in [0.3, 0.4) is 0 Å². The molecule has 0 aromatic heterocycles.